The number of thiazole rings is 1. The Bertz CT molecular complexity index is 2080. The summed E-state index contributed by atoms with van der Waals surface area (Å²) in [6, 6.07) is 30.7. The molecule has 40 heavy (non-hydrogen) atoms. The molecule has 1 aliphatic rings. The van der Waals surface area contributed by atoms with Crippen molar-refractivity contribution in [1.82, 2.24) is 14.5 Å². The molecule has 8 rings (SSSR count). The first-order chi connectivity index (χ1) is 19.6. The quantitative estimate of drug-likeness (QED) is 0.233. The van der Waals surface area contributed by atoms with Gasteiger partial charge in [-0.2, -0.15) is 0 Å². The summed E-state index contributed by atoms with van der Waals surface area (Å²) in [4.78, 5) is 12.8. The van der Waals surface area contributed by atoms with Crippen LogP contribution >= 0.6 is 11.3 Å². The molecule has 1 N–H and O–H groups in total. The van der Waals surface area contributed by atoms with Crippen LogP contribution in [0.4, 0.5) is 28.4 Å². The Hall–Kier alpha value is -4.88. The normalized spacial score (nSPS) is 12.8. The maximum Gasteiger partial charge on any atom is 0.268 e. The molecule has 0 bridgehead atoms. The molecule has 0 unspecified atom stereocenters. The molecular formula is C33H27N6S+. The van der Waals surface area contributed by atoms with Crippen LogP contribution in [0.5, 0.6) is 0 Å². The van der Waals surface area contributed by atoms with Gasteiger partial charge in [0, 0.05) is 18.3 Å². The van der Waals surface area contributed by atoms with E-state index in [0.717, 1.165) is 44.9 Å². The smallest absolute Gasteiger partial charge is 0.268 e. The third kappa shape index (κ3) is 3.28. The number of para-hydroxylation sites is 3. The number of nitrogens with one attached hydrogen (secondary N) is 1. The number of aromatic nitrogens is 4. The molecule has 0 amide bonds. The molecule has 1 aliphatic heterocycles. The first-order valence-corrected chi connectivity index (χ1v) is 14.2. The highest BCUT2D eigenvalue weighted by atomic mass is 32.1. The SMILES string of the molecule is CN1c2ccccc2N(c2cccc(-c3cccc4scnc34)c2)c2cc(-c3cn(C)c4c3[nH]c[n+]4C)ccc21. The lowest BCUT2D eigenvalue weighted by molar-refractivity contribution is -0.647. The van der Waals surface area contributed by atoms with Crippen LogP contribution in [0, 0.1) is 0 Å². The van der Waals surface area contributed by atoms with Crippen LogP contribution in [0.1, 0.15) is 0 Å². The van der Waals surface area contributed by atoms with E-state index >= 15 is 0 Å². The van der Waals surface area contributed by atoms with Crippen LogP contribution in [-0.4, -0.2) is 21.6 Å². The zero-order chi connectivity index (χ0) is 27.0. The predicted molar refractivity (Wildman–Crippen MR) is 165 cm³/mol. The van der Waals surface area contributed by atoms with Gasteiger partial charge in [0.2, 0.25) is 0 Å². The Labute approximate surface area is 236 Å². The molecule has 0 atom stereocenters. The molecule has 0 saturated heterocycles. The van der Waals surface area contributed by atoms with E-state index in [4.69, 9.17) is 0 Å². The number of benzene rings is 4. The summed E-state index contributed by atoms with van der Waals surface area (Å²) >= 11 is 1.68. The lowest BCUT2D eigenvalue weighted by Gasteiger charge is -2.39. The number of anilines is 5. The number of hydrogen-bond acceptors (Lipinski definition) is 4. The van der Waals surface area contributed by atoms with Crippen molar-refractivity contribution in [1.29, 1.82) is 0 Å². The van der Waals surface area contributed by atoms with E-state index in [9.17, 15) is 0 Å². The Morgan fingerprint density at radius 1 is 0.775 bits per heavy atom. The molecule has 0 aliphatic carbocycles. The van der Waals surface area contributed by atoms with Crippen molar-refractivity contribution in [2.75, 3.05) is 16.8 Å². The highest BCUT2D eigenvalue weighted by molar-refractivity contribution is 7.16. The maximum absolute atomic E-state index is 4.68. The Morgan fingerprint density at radius 2 is 1.57 bits per heavy atom. The van der Waals surface area contributed by atoms with Crippen molar-refractivity contribution in [2.24, 2.45) is 14.1 Å². The second kappa shape index (κ2) is 8.56. The number of rotatable bonds is 3. The van der Waals surface area contributed by atoms with Gasteiger partial charge >= 0.3 is 0 Å². The molecule has 0 fully saturated rings. The first-order valence-electron chi connectivity index (χ1n) is 13.3. The number of aromatic amines is 1. The van der Waals surface area contributed by atoms with Gasteiger partial charge in [0.15, 0.2) is 11.8 Å². The van der Waals surface area contributed by atoms with Crippen molar-refractivity contribution in [3.8, 4) is 22.3 Å². The molecule has 0 saturated carbocycles. The number of hydrogen-bond donors (Lipinski definition) is 1. The average molecular weight is 540 g/mol. The molecule has 4 aromatic carbocycles. The van der Waals surface area contributed by atoms with Gasteiger partial charge in [-0.1, -0.05) is 42.5 Å². The second-order valence-corrected chi connectivity index (χ2v) is 11.3. The largest absolute Gasteiger partial charge is 0.341 e. The zero-order valence-electron chi connectivity index (χ0n) is 22.5. The average Bonchev–Trinajstić information content (AvgIpc) is 3.70. The van der Waals surface area contributed by atoms with Gasteiger partial charge in [-0.15, -0.1) is 11.3 Å². The summed E-state index contributed by atoms with van der Waals surface area (Å²) in [5.41, 5.74) is 15.7. The fourth-order valence-corrected chi connectivity index (χ4v) is 6.89. The molecular weight excluding hydrogens is 512 g/mol. The van der Waals surface area contributed by atoms with Gasteiger partial charge in [0.25, 0.3) is 5.65 Å². The van der Waals surface area contributed by atoms with E-state index in [2.05, 4.69) is 141 Å². The molecule has 4 heterocycles. The molecule has 6 nitrogen and oxygen atoms in total. The topological polar surface area (TPSA) is 44.0 Å². The molecule has 7 heteroatoms. The summed E-state index contributed by atoms with van der Waals surface area (Å²) in [5.74, 6) is 0. The van der Waals surface area contributed by atoms with Crippen LogP contribution in [-0.2, 0) is 14.1 Å². The number of nitrogens with zero attached hydrogens (tertiary/aromatic N) is 5. The van der Waals surface area contributed by atoms with Crippen LogP contribution < -0.4 is 14.4 Å². The third-order valence-electron chi connectivity index (χ3n) is 8.03. The summed E-state index contributed by atoms with van der Waals surface area (Å²) in [7, 11) is 6.32. The van der Waals surface area contributed by atoms with Crippen molar-refractivity contribution in [3.05, 3.63) is 103 Å². The van der Waals surface area contributed by atoms with Crippen molar-refractivity contribution in [3.63, 3.8) is 0 Å². The summed E-state index contributed by atoms with van der Waals surface area (Å²) in [6.45, 7) is 0. The van der Waals surface area contributed by atoms with Gasteiger partial charge in [-0.25, -0.2) is 9.55 Å². The molecule has 194 valence electrons. The zero-order valence-corrected chi connectivity index (χ0v) is 23.3. The van der Waals surface area contributed by atoms with Gasteiger partial charge < -0.3 is 9.80 Å². The van der Waals surface area contributed by atoms with E-state index < -0.39 is 0 Å². The van der Waals surface area contributed by atoms with Crippen molar-refractivity contribution >= 4 is 61.2 Å². The third-order valence-corrected chi connectivity index (χ3v) is 8.83. The Kier molecular flexibility index (Phi) is 4.93. The Morgan fingerprint density at radius 3 is 2.48 bits per heavy atom. The van der Waals surface area contributed by atoms with Crippen LogP contribution in [0.15, 0.2) is 103 Å². The number of imidazole rings is 1. The van der Waals surface area contributed by atoms with E-state index in [0.29, 0.717) is 0 Å². The Balaban J connectivity index is 1.34. The van der Waals surface area contributed by atoms with Crippen molar-refractivity contribution < 1.29 is 4.57 Å². The maximum atomic E-state index is 4.68. The monoisotopic (exact) mass is 539 g/mol. The lowest BCUT2D eigenvalue weighted by atomic mass is 10.00. The van der Waals surface area contributed by atoms with E-state index in [1.807, 2.05) is 11.8 Å². The lowest BCUT2D eigenvalue weighted by Crippen LogP contribution is -2.26. The highest BCUT2D eigenvalue weighted by Gasteiger charge is 2.29. The molecule has 3 aromatic heterocycles. The van der Waals surface area contributed by atoms with Crippen molar-refractivity contribution in [2.45, 2.75) is 0 Å². The first kappa shape index (κ1) is 23.0. The minimum atomic E-state index is 1.05. The standard InChI is InChI=1S/C33H26N6S/c1-36-18-25(32-33(36)37(2)19-34-32)22-14-15-27-29(17-22)39(28-12-5-4-11-26(28)38(27)3)23-9-6-8-21(16-23)24-10-7-13-30-31(24)35-20-40-30/h4-20H,1-3H3/p+1. The summed E-state index contributed by atoms with van der Waals surface area (Å²) < 4.78 is 5.51. The van der Waals surface area contributed by atoms with Crippen LogP contribution in [0.3, 0.4) is 0 Å². The van der Waals surface area contributed by atoms with Gasteiger partial charge in [-0.05, 0) is 53.6 Å². The number of aryl methyl sites for hydroxylation is 2. The van der Waals surface area contributed by atoms with Gasteiger partial charge in [0.1, 0.15) is 0 Å². The molecule has 7 aromatic rings. The fourth-order valence-electron chi connectivity index (χ4n) is 6.19. The van der Waals surface area contributed by atoms with Crippen LogP contribution in [0.25, 0.3) is 43.6 Å². The summed E-state index contributed by atoms with van der Waals surface area (Å²) in [6.07, 6.45) is 4.22. The van der Waals surface area contributed by atoms with E-state index in [1.165, 1.54) is 27.2 Å². The van der Waals surface area contributed by atoms with E-state index in [-0.39, 0.29) is 0 Å². The molecule has 0 radical (unpaired) electrons. The predicted octanol–water partition coefficient (Wildman–Crippen LogP) is 7.83. The van der Waals surface area contributed by atoms with Gasteiger partial charge in [0.05, 0.1) is 64.3 Å². The minimum absolute atomic E-state index is 1.05. The second-order valence-electron chi connectivity index (χ2n) is 10.4. The van der Waals surface area contributed by atoms with Gasteiger partial charge in [-0.3, -0.25) is 9.55 Å². The van der Waals surface area contributed by atoms with Crippen LogP contribution in [0.2, 0.25) is 0 Å². The minimum Gasteiger partial charge on any atom is -0.341 e. The van der Waals surface area contributed by atoms with E-state index in [1.54, 1.807) is 11.3 Å². The highest BCUT2D eigenvalue weighted by Crippen LogP contribution is 2.52. The molecule has 0 spiro atoms. The number of H-pyrrole nitrogens is 1. The number of fused-ring (bicyclic) bond motifs is 4. The summed E-state index contributed by atoms with van der Waals surface area (Å²) in [5, 5.41) is 0. The fraction of sp³-hybridized carbons (Fsp3) is 0.0909.